The highest BCUT2D eigenvalue weighted by molar-refractivity contribution is 7.48. The van der Waals surface area contributed by atoms with Crippen LogP contribution in [0.5, 0.6) is 11.5 Å². The number of carbonyl (C=O) groups excluding carboxylic acids is 1. The minimum atomic E-state index is -0.225. The van der Waals surface area contributed by atoms with Crippen molar-refractivity contribution < 1.29 is 19.0 Å². The predicted octanol–water partition coefficient (Wildman–Crippen LogP) is 3.73. The molecule has 5 heteroatoms. The van der Waals surface area contributed by atoms with Crippen molar-refractivity contribution in [3.63, 3.8) is 0 Å². The fourth-order valence-electron chi connectivity index (χ4n) is 2.55. The van der Waals surface area contributed by atoms with E-state index in [4.69, 9.17) is 14.2 Å². The van der Waals surface area contributed by atoms with Gasteiger partial charge in [0.15, 0.2) is 24.6 Å². The molecule has 4 nitrogen and oxygen atoms in total. The summed E-state index contributed by atoms with van der Waals surface area (Å²) in [6.45, 7) is 4.43. The van der Waals surface area contributed by atoms with Crippen LogP contribution in [0.15, 0.2) is 42.5 Å². The molecule has 0 aliphatic rings. The van der Waals surface area contributed by atoms with E-state index >= 15 is 0 Å². The second-order valence-electron chi connectivity index (χ2n) is 5.84. The van der Waals surface area contributed by atoms with Gasteiger partial charge in [0.05, 0.1) is 7.11 Å². The second-order valence-corrected chi connectivity index (χ2v) is 7.88. The fraction of sp³-hybridized carbons (Fsp3) is 0.316. The maximum Gasteiger partial charge on any atom is 0.188 e. The number of ether oxygens (including phenoxy) is 3. The van der Waals surface area contributed by atoms with Gasteiger partial charge in [-0.3, -0.25) is 4.79 Å². The first-order valence-corrected chi connectivity index (χ1v) is 8.65. The summed E-state index contributed by atoms with van der Waals surface area (Å²) >= 11 is 0. The Kier molecular flexibility index (Phi) is 6.36. The summed E-state index contributed by atoms with van der Waals surface area (Å²) in [5.41, 5.74) is 1.75. The van der Waals surface area contributed by atoms with Gasteiger partial charge in [-0.15, -0.1) is 0 Å². The number of aldehydes is 1. The zero-order chi connectivity index (χ0) is 17.6. The molecule has 0 saturated heterocycles. The molecule has 128 valence electrons. The van der Waals surface area contributed by atoms with Gasteiger partial charge in [-0.05, 0) is 11.4 Å². The number of benzene rings is 2. The summed E-state index contributed by atoms with van der Waals surface area (Å²) in [5.74, 6) is 1.36. The van der Waals surface area contributed by atoms with Crippen LogP contribution in [0, 0.1) is 0 Å². The quantitative estimate of drug-likeness (QED) is 0.415. The van der Waals surface area contributed by atoms with Crippen molar-refractivity contribution in [3.8, 4) is 11.5 Å². The van der Waals surface area contributed by atoms with Gasteiger partial charge in [-0.1, -0.05) is 58.8 Å². The van der Waals surface area contributed by atoms with E-state index < -0.39 is 0 Å². The van der Waals surface area contributed by atoms with Crippen LogP contribution in [0.25, 0.3) is 0 Å². The molecule has 0 saturated carbocycles. The molecule has 0 heterocycles. The molecule has 0 fully saturated rings. The number of hydrogen-bond donors (Lipinski definition) is 0. The monoisotopic (exact) mass is 346 g/mol. The molecule has 0 N–H and O–H groups in total. The van der Waals surface area contributed by atoms with Gasteiger partial charge in [-0.25, -0.2) is 0 Å². The molecule has 1 unspecified atom stereocenters. The predicted molar refractivity (Wildman–Crippen MR) is 98.3 cm³/mol. The Hall–Kier alpha value is -1.90. The Balaban J connectivity index is 2.42. The second kappa shape index (κ2) is 8.27. The van der Waals surface area contributed by atoms with Crippen LogP contribution in [0.2, 0.25) is 0 Å². The number of para-hydroxylation sites is 1. The van der Waals surface area contributed by atoms with E-state index in [1.165, 1.54) is 0 Å². The van der Waals surface area contributed by atoms with Crippen molar-refractivity contribution >= 4 is 20.2 Å². The highest BCUT2D eigenvalue weighted by Gasteiger charge is 2.28. The summed E-state index contributed by atoms with van der Waals surface area (Å²) < 4.78 is 16.3. The topological polar surface area (TPSA) is 44.8 Å². The molecule has 2 aromatic carbocycles. The van der Waals surface area contributed by atoms with Crippen LogP contribution in [0.1, 0.15) is 29.8 Å². The molecule has 0 bridgehead atoms. The Morgan fingerprint density at radius 3 is 2.50 bits per heavy atom. The lowest BCUT2D eigenvalue weighted by Gasteiger charge is -2.29. The number of methoxy groups -OCH3 is 2. The SMILES string of the molecule is COCOc1c(OC)cccc1C(C)(C)Pc1ccccc1C=O. The highest BCUT2D eigenvalue weighted by Crippen LogP contribution is 2.47. The van der Waals surface area contributed by atoms with Crippen molar-refractivity contribution in [1.29, 1.82) is 0 Å². The molecule has 0 spiro atoms. The van der Waals surface area contributed by atoms with E-state index in [2.05, 4.69) is 13.8 Å². The summed E-state index contributed by atoms with van der Waals surface area (Å²) in [7, 11) is 3.61. The Bertz CT molecular complexity index is 698. The summed E-state index contributed by atoms with van der Waals surface area (Å²) in [5, 5.41) is 0.814. The van der Waals surface area contributed by atoms with Gasteiger partial charge >= 0.3 is 0 Å². The van der Waals surface area contributed by atoms with Crippen molar-refractivity contribution in [3.05, 3.63) is 53.6 Å². The average molecular weight is 346 g/mol. The van der Waals surface area contributed by atoms with Crippen LogP contribution in [0.3, 0.4) is 0 Å². The lowest BCUT2D eigenvalue weighted by molar-refractivity contribution is 0.0481. The zero-order valence-corrected chi connectivity index (χ0v) is 15.5. The van der Waals surface area contributed by atoms with Gasteiger partial charge in [0.25, 0.3) is 0 Å². The van der Waals surface area contributed by atoms with E-state index in [1.54, 1.807) is 14.2 Å². The molecule has 0 aliphatic heterocycles. The van der Waals surface area contributed by atoms with Crippen LogP contribution >= 0.6 is 8.58 Å². The Labute approximate surface area is 144 Å². The van der Waals surface area contributed by atoms with Crippen LogP contribution in [-0.4, -0.2) is 27.3 Å². The van der Waals surface area contributed by atoms with Crippen LogP contribution < -0.4 is 14.8 Å². The third-order valence-corrected chi connectivity index (χ3v) is 5.35. The summed E-state index contributed by atoms with van der Waals surface area (Å²) in [6.07, 6.45) is 0.909. The molecule has 2 aromatic rings. The lowest BCUT2D eigenvalue weighted by Crippen LogP contribution is -2.18. The van der Waals surface area contributed by atoms with Gasteiger partial charge < -0.3 is 14.2 Å². The van der Waals surface area contributed by atoms with Crippen molar-refractivity contribution in [2.24, 2.45) is 0 Å². The van der Waals surface area contributed by atoms with E-state index in [9.17, 15) is 4.79 Å². The third kappa shape index (κ3) is 4.14. The molecule has 2 rings (SSSR count). The summed E-state index contributed by atoms with van der Waals surface area (Å²) in [4.78, 5) is 11.3. The number of rotatable bonds is 8. The van der Waals surface area contributed by atoms with Crippen LogP contribution in [-0.2, 0) is 9.89 Å². The van der Waals surface area contributed by atoms with Gasteiger partial charge in [-0.2, -0.15) is 0 Å². The minimum Gasteiger partial charge on any atom is -0.493 e. The van der Waals surface area contributed by atoms with Crippen molar-refractivity contribution in [1.82, 2.24) is 0 Å². The first kappa shape index (κ1) is 18.4. The van der Waals surface area contributed by atoms with Crippen molar-refractivity contribution in [2.45, 2.75) is 19.0 Å². The highest BCUT2D eigenvalue weighted by atomic mass is 31.1. The molecule has 1 atom stereocenters. The van der Waals surface area contributed by atoms with E-state index in [1.807, 2.05) is 42.5 Å². The van der Waals surface area contributed by atoms with Gasteiger partial charge in [0.1, 0.15) is 0 Å². The first-order chi connectivity index (χ1) is 11.5. The fourth-order valence-corrected chi connectivity index (χ4v) is 4.02. The van der Waals surface area contributed by atoms with E-state index in [0.717, 1.165) is 22.7 Å². The van der Waals surface area contributed by atoms with E-state index in [0.29, 0.717) is 20.1 Å². The molecular formula is C19H23O4P. The largest absolute Gasteiger partial charge is 0.493 e. The third-order valence-electron chi connectivity index (χ3n) is 3.73. The molecular weight excluding hydrogens is 323 g/mol. The van der Waals surface area contributed by atoms with Gasteiger partial charge in [0.2, 0.25) is 0 Å². The Morgan fingerprint density at radius 1 is 1.08 bits per heavy atom. The maximum absolute atomic E-state index is 11.3. The number of hydrogen-bond acceptors (Lipinski definition) is 4. The minimum absolute atomic E-state index is 0.150. The molecule has 0 radical (unpaired) electrons. The molecule has 0 amide bonds. The Morgan fingerprint density at radius 2 is 1.83 bits per heavy atom. The number of carbonyl (C=O) groups is 1. The smallest absolute Gasteiger partial charge is 0.188 e. The van der Waals surface area contributed by atoms with Gasteiger partial charge in [0, 0.05) is 23.4 Å². The maximum atomic E-state index is 11.3. The zero-order valence-electron chi connectivity index (χ0n) is 14.5. The van der Waals surface area contributed by atoms with Crippen molar-refractivity contribution in [2.75, 3.05) is 21.0 Å². The molecule has 24 heavy (non-hydrogen) atoms. The molecule has 0 aliphatic carbocycles. The normalized spacial score (nSPS) is 11.7. The summed E-state index contributed by atoms with van der Waals surface area (Å²) in [6, 6.07) is 13.5. The lowest BCUT2D eigenvalue weighted by atomic mass is 10.0. The van der Waals surface area contributed by atoms with Crippen LogP contribution in [0.4, 0.5) is 0 Å². The molecule has 0 aromatic heterocycles. The standard InChI is InChI=1S/C19H23O4P/c1-19(2,24-17-11-6-5-8-14(17)12-20)15-9-7-10-16(22-4)18(15)23-13-21-3/h5-12,24H,13H2,1-4H3. The average Bonchev–Trinajstić information content (AvgIpc) is 2.59. The van der Waals surface area contributed by atoms with E-state index in [-0.39, 0.29) is 11.9 Å². The first-order valence-electron chi connectivity index (χ1n) is 7.65.